The zero-order valence-corrected chi connectivity index (χ0v) is 20.0. The molecule has 0 radical (unpaired) electrons. The standard InChI is InChI=1S/C26H24N4O4S/c1-14-4-2-3-5-18(14)22-19(23(34-29-22)16-7-8-16)9-6-15-11-30(12-15)26-28-21-17(13-31)10-20(25(32)33)27-24(21)35-26/h2-6,9-10,15-16,31H,7-8,11-13H2,1H3,(H,32,33)/b9-6+. The van der Waals surface area contributed by atoms with Crippen LogP contribution < -0.4 is 4.90 Å². The minimum Gasteiger partial charge on any atom is -0.477 e. The van der Waals surface area contributed by atoms with Crippen molar-refractivity contribution in [1.82, 2.24) is 15.1 Å². The highest BCUT2D eigenvalue weighted by Gasteiger charge is 2.33. The van der Waals surface area contributed by atoms with E-state index in [1.807, 2.05) is 12.1 Å². The third kappa shape index (κ3) is 4.00. The number of benzene rings is 1. The summed E-state index contributed by atoms with van der Waals surface area (Å²) in [4.78, 5) is 22.9. The van der Waals surface area contributed by atoms with Crippen LogP contribution in [0.5, 0.6) is 0 Å². The molecule has 4 aromatic rings. The molecule has 2 fully saturated rings. The largest absolute Gasteiger partial charge is 0.477 e. The van der Waals surface area contributed by atoms with Gasteiger partial charge in [-0.05, 0) is 31.4 Å². The number of hydrogen-bond acceptors (Lipinski definition) is 8. The Bertz CT molecular complexity index is 1460. The molecular formula is C26H24N4O4S. The lowest BCUT2D eigenvalue weighted by Crippen LogP contribution is -2.45. The van der Waals surface area contributed by atoms with Gasteiger partial charge in [0.25, 0.3) is 0 Å². The molecule has 35 heavy (non-hydrogen) atoms. The number of rotatable bonds is 7. The van der Waals surface area contributed by atoms with Gasteiger partial charge in [0.2, 0.25) is 0 Å². The van der Waals surface area contributed by atoms with E-state index in [-0.39, 0.29) is 12.3 Å². The molecule has 6 rings (SSSR count). The molecule has 4 heterocycles. The van der Waals surface area contributed by atoms with Crippen LogP contribution in [-0.2, 0) is 6.61 Å². The normalized spacial score (nSPS) is 16.3. The molecule has 3 aromatic heterocycles. The van der Waals surface area contributed by atoms with Crippen LogP contribution in [0.2, 0.25) is 0 Å². The van der Waals surface area contributed by atoms with Crippen LogP contribution in [0.15, 0.2) is 40.9 Å². The number of nitrogens with zero attached hydrogens (tertiary/aromatic N) is 4. The Morgan fingerprint density at radius 3 is 2.77 bits per heavy atom. The highest BCUT2D eigenvalue weighted by Crippen LogP contribution is 2.45. The Labute approximate surface area is 205 Å². The highest BCUT2D eigenvalue weighted by atomic mass is 32.1. The molecule has 1 saturated heterocycles. The molecule has 2 aliphatic rings. The zero-order chi connectivity index (χ0) is 24.1. The molecule has 1 aliphatic heterocycles. The number of fused-ring (bicyclic) bond motifs is 1. The number of carbonyl (C=O) groups is 1. The van der Waals surface area contributed by atoms with E-state index in [9.17, 15) is 15.0 Å². The maximum Gasteiger partial charge on any atom is 0.354 e. The van der Waals surface area contributed by atoms with Crippen molar-refractivity contribution in [2.75, 3.05) is 18.0 Å². The summed E-state index contributed by atoms with van der Waals surface area (Å²) in [5.74, 6) is 0.687. The van der Waals surface area contributed by atoms with Gasteiger partial charge < -0.3 is 19.6 Å². The number of aliphatic hydroxyl groups is 1. The van der Waals surface area contributed by atoms with Crippen molar-refractivity contribution in [3.63, 3.8) is 0 Å². The topological polar surface area (TPSA) is 113 Å². The number of aromatic carboxylic acids is 1. The van der Waals surface area contributed by atoms with Gasteiger partial charge in [-0.25, -0.2) is 14.8 Å². The summed E-state index contributed by atoms with van der Waals surface area (Å²) in [6, 6.07) is 9.62. The van der Waals surface area contributed by atoms with Crippen molar-refractivity contribution in [3.05, 3.63) is 64.6 Å². The van der Waals surface area contributed by atoms with Gasteiger partial charge in [-0.2, -0.15) is 0 Å². The Hall–Kier alpha value is -3.56. The molecule has 9 heteroatoms. The number of carboxylic acid groups (broad SMARTS) is 1. The number of aliphatic hydroxyl groups excluding tert-OH is 1. The first-order valence-electron chi connectivity index (χ1n) is 11.6. The molecular weight excluding hydrogens is 464 g/mol. The molecule has 0 atom stereocenters. The Kier molecular flexibility index (Phi) is 5.38. The van der Waals surface area contributed by atoms with E-state index in [1.54, 1.807) is 0 Å². The van der Waals surface area contributed by atoms with Crippen molar-refractivity contribution in [1.29, 1.82) is 0 Å². The van der Waals surface area contributed by atoms with Crippen LogP contribution in [0.1, 0.15) is 51.7 Å². The fourth-order valence-electron chi connectivity index (χ4n) is 4.49. The van der Waals surface area contributed by atoms with Gasteiger partial charge in [0.1, 0.15) is 27.5 Å². The monoisotopic (exact) mass is 488 g/mol. The number of carboxylic acids is 1. The fraction of sp³-hybridized carbons (Fsp3) is 0.308. The van der Waals surface area contributed by atoms with Crippen LogP contribution in [0.4, 0.5) is 5.13 Å². The van der Waals surface area contributed by atoms with Gasteiger partial charge in [0.05, 0.1) is 6.61 Å². The summed E-state index contributed by atoms with van der Waals surface area (Å²) in [7, 11) is 0. The molecule has 8 nitrogen and oxygen atoms in total. The van der Waals surface area contributed by atoms with E-state index < -0.39 is 5.97 Å². The van der Waals surface area contributed by atoms with Gasteiger partial charge in [0.15, 0.2) is 5.13 Å². The quantitative estimate of drug-likeness (QED) is 0.379. The maximum absolute atomic E-state index is 11.3. The van der Waals surface area contributed by atoms with Crippen LogP contribution in [0.3, 0.4) is 0 Å². The molecule has 0 spiro atoms. The van der Waals surface area contributed by atoms with E-state index in [0.717, 1.165) is 53.6 Å². The molecule has 1 aliphatic carbocycles. The average Bonchev–Trinajstić information content (AvgIpc) is 3.44. The van der Waals surface area contributed by atoms with E-state index in [1.165, 1.54) is 23.0 Å². The molecule has 2 N–H and O–H groups in total. The minimum absolute atomic E-state index is 0.0779. The highest BCUT2D eigenvalue weighted by molar-refractivity contribution is 7.21. The smallest absolute Gasteiger partial charge is 0.354 e. The second-order valence-electron chi connectivity index (χ2n) is 9.20. The molecule has 1 aromatic carbocycles. The lowest BCUT2D eigenvalue weighted by Gasteiger charge is -2.37. The third-order valence-electron chi connectivity index (χ3n) is 6.64. The van der Waals surface area contributed by atoms with Crippen molar-refractivity contribution in [2.24, 2.45) is 5.92 Å². The SMILES string of the molecule is Cc1ccccc1-c1noc(C2CC2)c1/C=C/C1CN(c2nc3c(CO)cc(C(=O)O)nc3s2)C1. The van der Waals surface area contributed by atoms with Crippen molar-refractivity contribution < 1.29 is 19.5 Å². The van der Waals surface area contributed by atoms with E-state index in [2.05, 4.69) is 51.2 Å². The van der Waals surface area contributed by atoms with Gasteiger partial charge in [0, 0.05) is 41.6 Å². The first-order chi connectivity index (χ1) is 17.0. The van der Waals surface area contributed by atoms with Gasteiger partial charge >= 0.3 is 5.97 Å². The first-order valence-corrected chi connectivity index (χ1v) is 12.5. The van der Waals surface area contributed by atoms with E-state index in [0.29, 0.717) is 27.7 Å². The second-order valence-corrected chi connectivity index (χ2v) is 10.2. The number of hydrogen-bond donors (Lipinski definition) is 2. The van der Waals surface area contributed by atoms with Crippen LogP contribution in [0, 0.1) is 12.8 Å². The summed E-state index contributed by atoms with van der Waals surface area (Å²) < 4.78 is 5.80. The minimum atomic E-state index is -1.12. The fourth-order valence-corrected chi connectivity index (χ4v) is 5.50. The van der Waals surface area contributed by atoms with Crippen molar-refractivity contribution in [2.45, 2.75) is 32.3 Å². The number of anilines is 1. The predicted octanol–water partition coefficient (Wildman–Crippen LogP) is 4.87. The van der Waals surface area contributed by atoms with Crippen LogP contribution in [0.25, 0.3) is 27.7 Å². The van der Waals surface area contributed by atoms with Gasteiger partial charge in [-0.1, -0.05) is 52.9 Å². The predicted molar refractivity (Wildman–Crippen MR) is 134 cm³/mol. The maximum atomic E-state index is 11.3. The summed E-state index contributed by atoms with van der Waals surface area (Å²) >= 11 is 1.36. The van der Waals surface area contributed by atoms with Gasteiger partial charge in [-0.3, -0.25) is 0 Å². The Morgan fingerprint density at radius 2 is 2.06 bits per heavy atom. The summed E-state index contributed by atoms with van der Waals surface area (Å²) in [6.07, 6.45) is 6.68. The Morgan fingerprint density at radius 1 is 1.26 bits per heavy atom. The number of pyridine rings is 1. The summed E-state index contributed by atoms with van der Waals surface area (Å²) in [5.41, 5.74) is 5.23. The molecule has 178 valence electrons. The summed E-state index contributed by atoms with van der Waals surface area (Å²) in [6.45, 7) is 3.42. The third-order valence-corrected chi connectivity index (χ3v) is 7.65. The lowest BCUT2D eigenvalue weighted by molar-refractivity contribution is 0.0691. The number of thiazole rings is 1. The number of aromatic nitrogens is 3. The van der Waals surface area contributed by atoms with E-state index >= 15 is 0 Å². The van der Waals surface area contributed by atoms with Crippen molar-refractivity contribution >= 4 is 38.9 Å². The van der Waals surface area contributed by atoms with Crippen molar-refractivity contribution in [3.8, 4) is 11.3 Å². The zero-order valence-electron chi connectivity index (χ0n) is 19.1. The van der Waals surface area contributed by atoms with E-state index in [4.69, 9.17) is 4.52 Å². The molecule has 0 unspecified atom stereocenters. The average molecular weight is 489 g/mol. The summed E-state index contributed by atoms with van der Waals surface area (Å²) in [5, 5.41) is 24.2. The lowest BCUT2D eigenvalue weighted by atomic mass is 9.96. The van der Waals surface area contributed by atoms with Crippen LogP contribution >= 0.6 is 11.3 Å². The van der Waals surface area contributed by atoms with Crippen LogP contribution in [-0.4, -0.2) is 44.4 Å². The number of aryl methyl sites for hydroxylation is 1. The van der Waals surface area contributed by atoms with Gasteiger partial charge in [-0.15, -0.1) is 0 Å². The Balaban J connectivity index is 1.22. The molecule has 1 saturated carbocycles. The second kappa shape index (κ2) is 8.58. The molecule has 0 amide bonds. The molecule has 0 bridgehead atoms. The first kappa shape index (κ1) is 21.9.